The van der Waals surface area contributed by atoms with Gasteiger partial charge in [0, 0.05) is 0 Å². The number of carbonyl (C=O) groups is 1. The summed E-state index contributed by atoms with van der Waals surface area (Å²) < 4.78 is 0. The van der Waals surface area contributed by atoms with E-state index in [1.807, 2.05) is 0 Å². The van der Waals surface area contributed by atoms with Crippen molar-refractivity contribution in [1.29, 1.82) is 0 Å². The molecule has 0 N–H and O–H groups in total. The summed E-state index contributed by atoms with van der Waals surface area (Å²) in [6, 6.07) is 0. The summed E-state index contributed by atoms with van der Waals surface area (Å²) in [5.74, 6) is 2.18. The molecule has 0 rings (SSSR count). The van der Waals surface area contributed by atoms with Crippen LogP contribution in [0, 0.1) is 12.3 Å². The highest BCUT2D eigenvalue weighted by Gasteiger charge is 1.74. The van der Waals surface area contributed by atoms with Crippen LogP contribution in [0.5, 0.6) is 0 Å². The lowest BCUT2D eigenvalue weighted by Crippen LogP contribution is -1.76. The number of hydrogen-bond donors (Lipinski definition) is 0. The van der Waals surface area contributed by atoms with E-state index in [-0.39, 0.29) is 5.78 Å². The Balaban J connectivity index is 3.53. The molecule has 7 heavy (non-hydrogen) atoms. The summed E-state index contributed by atoms with van der Waals surface area (Å²) >= 11 is 0. The Labute approximate surface area is 43.0 Å². The van der Waals surface area contributed by atoms with Gasteiger partial charge in [0.15, 0.2) is 5.78 Å². The number of carbonyl (C=O) groups excluding carboxylic acids is 1. The molecule has 0 amide bonds. The zero-order valence-corrected chi connectivity index (χ0v) is 4.14. The maximum Gasteiger partial charge on any atom is 0.153 e. The van der Waals surface area contributed by atoms with Crippen LogP contribution in [-0.2, 0) is 4.79 Å². The normalized spacial score (nSPS) is 8.57. The molecule has 0 aromatic rings. The molecule has 0 aliphatic heterocycles. The molecule has 0 bridgehead atoms. The van der Waals surface area contributed by atoms with Gasteiger partial charge in [-0.3, -0.25) is 4.79 Å². The van der Waals surface area contributed by atoms with Crippen LogP contribution in [0.25, 0.3) is 0 Å². The molecule has 0 aliphatic carbocycles. The smallest absolute Gasteiger partial charge is 0.153 e. The minimum Gasteiger partial charge on any atom is -0.295 e. The standard InChI is InChI=1S/C6H6O/c1-3-4-5-6(2)7/h1,4-5H,2H3. The number of rotatable bonds is 1. The van der Waals surface area contributed by atoms with Crippen molar-refractivity contribution in [3.05, 3.63) is 12.2 Å². The van der Waals surface area contributed by atoms with E-state index < -0.39 is 0 Å². The molecular formula is C6H6O. The predicted molar refractivity (Wildman–Crippen MR) is 28.7 cm³/mol. The zero-order chi connectivity index (χ0) is 5.70. The minimum atomic E-state index is -0.0158. The molecule has 0 fully saturated rings. The first-order chi connectivity index (χ1) is 3.27. The van der Waals surface area contributed by atoms with E-state index in [9.17, 15) is 4.79 Å². The third-order valence-electron chi connectivity index (χ3n) is 0.414. The van der Waals surface area contributed by atoms with Gasteiger partial charge in [0.05, 0.1) is 0 Å². The fraction of sp³-hybridized carbons (Fsp3) is 0.167. The summed E-state index contributed by atoms with van der Waals surface area (Å²) in [4.78, 5) is 10.0. The monoisotopic (exact) mass is 94.0 g/mol. The Kier molecular flexibility index (Phi) is 2.70. The van der Waals surface area contributed by atoms with Gasteiger partial charge in [-0.2, -0.15) is 0 Å². The first kappa shape index (κ1) is 5.97. The molecule has 0 saturated carbocycles. The van der Waals surface area contributed by atoms with Crippen molar-refractivity contribution in [3.63, 3.8) is 0 Å². The van der Waals surface area contributed by atoms with E-state index in [1.54, 1.807) is 0 Å². The van der Waals surface area contributed by atoms with Crippen molar-refractivity contribution in [1.82, 2.24) is 0 Å². The van der Waals surface area contributed by atoms with E-state index in [0.717, 1.165) is 0 Å². The van der Waals surface area contributed by atoms with E-state index in [2.05, 4.69) is 5.92 Å². The molecule has 0 atom stereocenters. The summed E-state index contributed by atoms with van der Waals surface area (Å²) in [7, 11) is 0. The maximum atomic E-state index is 10.0. The molecule has 1 nitrogen and oxygen atoms in total. The molecule has 0 spiro atoms. The van der Waals surface area contributed by atoms with Crippen molar-refractivity contribution in [3.8, 4) is 12.3 Å². The van der Waals surface area contributed by atoms with E-state index in [1.165, 1.54) is 19.1 Å². The van der Waals surface area contributed by atoms with Crippen LogP contribution in [0.4, 0.5) is 0 Å². The van der Waals surface area contributed by atoms with Crippen LogP contribution >= 0.6 is 0 Å². The summed E-state index contributed by atoms with van der Waals surface area (Å²) in [6.45, 7) is 1.45. The maximum absolute atomic E-state index is 10.0. The third-order valence-corrected chi connectivity index (χ3v) is 0.414. The van der Waals surface area contributed by atoms with Crippen molar-refractivity contribution in [2.24, 2.45) is 0 Å². The largest absolute Gasteiger partial charge is 0.295 e. The Morgan fingerprint density at radius 3 is 2.57 bits per heavy atom. The Bertz CT molecular complexity index is 126. The highest BCUT2D eigenvalue weighted by atomic mass is 16.1. The Morgan fingerprint density at radius 1 is 1.86 bits per heavy atom. The van der Waals surface area contributed by atoms with Crippen molar-refractivity contribution < 1.29 is 4.79 Å². The molecule has 1 heteroatoms. The lowest BCUT2D eigenvalue weighted by molar-refractivity contribution is -0.112. The molecule has 0 radical (unpaired) electrons. The van der Waals surface area contributed by atoms with Gasteiger partial charge in [-0.05, 0) is 19.1 Å². The molecule has 0 aliphatic rings. The van der Waals surface area contributed by atoms with Crippen LogP contribution < -0.4 is 0 Å². The minimum absolute atomic E-state index is 0.0158. The molecule has 36 valence electrons. The van der Waals surface area contributed by atoms with E-state index in [4.69, 9.17) is 6.42 Å². The predicted octanol–water partition coefficient (Wildman–Crippen LogP) is 0.765. The Morgan fingerprint density at radius 2 is 2.43 bits per heavy atom. The number of ketones is 1. The van der Waals surface area contributed by atoms with E-state index >= 15 is 0 Å². The van der Waals surface area contributed by atoms with Gasteiger partial charge in [-0.25, -0.2) is 0 Å². The zero-order valence-electron chi connectivity index (χ0n) is 4.14. The van der Waals surface area contributed by atoms with Crippen molar-refractivity contribution in [2.75, 3.05) is 0 Å². The lowest BCUT2D eigenvalue weighted by atomic mass is 10.4. The number of terminal acetylenes is 1. The van der Waals surface area contributed by atoms with Crippen LogP contribution in [-0.4, -0.2) is 5.78 Å². The fourth-order valence-corrected chi connectivity index (χ4v) is 0.165. The van der Waals surface area contributed by atoms with Gasteiger partial charge in [0.1, 0.15) is 0 Å². The summed E-state index contributed by atoms with van der Waals surface area (Å²) in [6.07, 6.45) is 7.51. The quantitative estimate of drug-likeness (QED) is 0.346. The van der Waals surface area contributed by atoms with Gasteiger partial charge in [0.2, 0.25) is 0 Å². The fourth-order valence-electron chi connectivity index (χ4n) is 0.165. The van der Waals surface area contributed by atoms with Crippen molar-refractivity contribution in [2.45, 2.75) is 6.92 Å². The second-order valence-corrected chi connectivity index (χ2v) is 1.11. The van der Waals surface area contributed by atoms with Gasteiger partial charge >= 0.3 is 0 Å². The van der Waals surface area contributed by atoms with Gasteiger partial charge in [-0.1, -0.05) is 5.92 Å². The average molecular weight is 94.1 g/mol. The Hall–Kier alpha value is -1.03. The molecule has 0 heterocycles. The number of allylic oxidation sites excluding steroid dienone is 2. The first-order valence-electron chi connectivity index (χ1n) is 1.90. The van der Waals surface area contributed by atoms with E-state index in [0.29, 0.717) is 0 Å². The molecule has 0 unspecified atom stereocenters. The topological polar surface area (TPSA) is 17.1 Å². The number of hydrogen-bond acceptors (Lipinski definition) is 1. The van der Waals surface area contributed by atoms with Gasteiger partial charge in [-0.15, -0.1) is 6.42 Å². The molecular weight excluding hydrogens is 88.1 g/mol. The first-order valence-corrected chi connectivity index (χ1v) is 1.90. The summed E-state index contributed by atoms with van der Waals surface area (Å²) in [5.41, 5.74) is 0. The molecule has 0 aromatic carbocycles. The highest BCUT2D eigenvalue weighted by molar-refractivity contribution is 5.87. The molecule has 0 aromatic heterocycles. The average Bonchev–Trinajstić information content (AvgIpc) is 1.61. The van der Waals surface area contributed by atoms with Crippen LogP contribution in [0.15, 0.2) is 12.2 Å². The lowest BCUT2D eigenvalue weighted by Gasteiger charge is -1.68. The summed E-state index contributed by atoms with van der Waals surface area (Å²) in [5, 5.41) is 0. The second kappa shape index (κ2) is 3.17. The van der Waals surface area contributed by atoms with Crippen LogP contribution in [0.1, 0.15) is 6.92 Å². The second-order valence-electron chi connectivity index (χ2n) is 1.11. The highest BCUT2D eigenvalue weighted by Crippen LogP contribution is 1.69. The SMILES string of the molecule is C#CC=CC(C)=O. The molecule has 0 saturated heterocycles. The van der Waals surface area contributed by atoms with Crippen LogP contribution in [0.3, 0.4) is 0 Å². The van der Waals surface area contributed by atoms with Crippen LogP contribution in [0.2, 0.25) is 0 Å². The van der Waals surface area contributed by atoms with Gasteiger partial charge < -0.3 is 0 Å². The van der Waals surface area contributed by atoms with Crippen molar-refractivity contribution >= 4 is 5.78 Å². The third kappa shape index (κ3) is 4.97. The van der Waals surface area contributed by atoms with Gasteiger partial charge in [0.25, 0.3) is 0 Å².